The van der Waals surface area contributed by atoms with E-state index in [2.05, 4.69) is 17.4 Å². The van der Waals surface area contributed by atoms with Crippen LogP contribution in [0.25, 0.3) is 0 Å². The van der Waals surface area contributed by atoms with Crippen LogP contribution in [0.2, 0.25) is 5.02 Å². The van der Waals surface area contributed by atoms with Crippen molar-refractivity contribution in [2.45, 2.75) is 18.4 Å². The number of carbonyl (C=O) groups is 1. The number of hydrogen-bond donors (Lipinski definition) is 2. The molecule has 1 heterocycles. The van der Waals surface area contributed by atoms with Crippen molar-refractivity contribution >= 4 is 28.9 Å². The SMILES string of the molecule is O=C(O)c1ccc2c(c1)[C@@H]1c3ccccc3C[C@@H]1[C@H](c1cc([N+](=O)[O-])ccc1Cl)N2. The van der Waals surface area contributed by atoms with Crippen molar-refractivity contribution in [3.05, 3.63) is 104 Å². The van der Waals surface area contributed by atoms with Gasteiger partial charge in [0.05, 0.1) is 16.5 Å². The molecule has 0 saturated heterocycles. The van der Waals surface area contributed by atoms with Crippen LogP contribution >= 0.6 is 11.6 Å². The van der Waals surface area contributed by atoms with Gasteiger partial charge in [-0.3, -0.25) is 10.1 Å². The van der Waals surface area contributed by atoms with Crippen LogP contribution in [0.5, 0.6) is 0 Å². The number of nitro benzene ring substituents is 1. The number of aromatic carboxylic acids is 1. The third kappa shape index (κ3) is 2.83. The van der Waals surface area contributed by atoms with E-state index in [1.807, 2.05) is 12.1 Å². The summed E-state index contributed by atoms with van der Waals surface area (Å²) in [5.74, 6) is -0.931. The summed E-state index contributed by atoms with van der Waals surface area (Å²) >= 11 is 6.49. The van der Waals surface area contributed by atoms with E-state index >= 15 is 0 Å². The monoisotopic (exact) mass is 420 g/mol. The lowest BCUT2D eigenvalue weighted by atomic mass is 9.75. The van der Waals surface area contributed by atoms with Gasteiger partial charge in [-0.15, -0.1) is 0 Å². The molecule has 7 heteroatoms. The molecule has 6 nitrogen and oxygen atoms in total. The topological polar surface area (TPSA) is 92.5 Å². The second-order valence-corrected chi connectivity index (χ2v) is 8.14. The highest BCUT2D eigenvalue weighted by Crippen LogP contribution is 2.54. The Morgan fingerprint density at radius 2 is 1.87 bits per heavy atom. The van der Waals surface area contributed by atoms with Gasteiger partial charge in [-0.2, -0.15) is 0 Å². The van der Waals surface area contributed by atoms with E-state index in [-0.39, 0.29) is 29.1 Å². The molecule has 0 fully saturated rings. The van der Waals surface area contributed by atoms with Crippen LogP contribution in [0.15, 0.2) is 60.7 Å². The number of hydrogen-bond acceptors (Lipinski definition) is 4. The molecular weight excluding hydrogens is 404 g/mol. The Morgan fingerprint density at radius 1 is 1.07 bits per heavy atom. The Hall–Kier alpha value is -3.38. The molecule has 0 spiro atoms. The third-order valence-corrected chi connectivity index (χ3v) is 6.52. The van der Waals surface area contributed by atoms with Crippen molar-refractivity contribution in [1.29, 1.82) is 0 Å². The van der Waals surface area contributed by atoms with Crippen molar-refractivity contribution in [2.75, 3.05) is 5.32 Å². The first-order valence-corrected chi connectivity index (χ1v) is 9.97. The van der Waals surface area contributed by atoms with Gasteiger partial charge in [-0.05, 0) is 53.3 Å². The summed E-state index contributed by atoms with van der Waals surface area (Å²) in [5.41, 5.74) is 5.05. The fourth-order valence-electron chi connectivity index (χ4n) is 4.88. The number of anilines is 1. The highest BCUT2D eigenvalue weighted by Gasteiger charge is 2.44. The van der Waals surface area contributed by atoms with E-state index in [0.717, 1.165) is 17.7 Å². The van der Waals surface area contributed by atoms with Gasteiger partial charge >= 0.3 is 5.97 Å². The van der Waals surface area contributed by atoms with Crippen molar-refractivity contribution in [2.24, 2.45) is 5.92 Å². The summed E-state index contributed by atoms with van der Waals surface area (Å²) in [4.78, 5) is 22.5. The molecule has 0 bridgehead atoms. The summed E-state index contributed by atoms with van der Waals surface area (Å²) in [7, 11) is 0. The van der Waals surface area contributed by atoms with Crippen LogP contribution < -0.4 is 5.32 Å². The van der Waals surface area contributed by atoms with Gasteiger partial charge in [0.2, 0.25) is 0 Å². The molecule has 1 aliphatic carbocycles. The number of carboxylic acid groups (broad SMARTS) is 1. The maximum Gasteiger partial charge on any atom is 0.335 e. The first-order valence-electron chi connectivity index (χ1n) is 9.59. The van der Waals surface area contributed by atoms with Crippen molar-refractivity contribution in [3.63, 3.8) is 0 Å². The van der Waals surface area contributed by atoms with Gasteiger partial charge in [-0.1, -0.05) is 35.9 Å². The average molecular weight is 421 g/mol. The molecule has 0 radical (unpaired) electrons. The molecule has 3 aromatic rings. The van der Waals surface area contributed by atoms with E-state index < -0.39 is 10.9 Å². The zero-order valence-electron chi connectivity index (χ0n) is 15.7. The molecule has 1 aliphatic heterocycles. The van der Waals surface area contributed by atoms with Crippen LogP contribution in [0.3, 0.4) is 0 Å². The lowest BCUT2D eigenvalue weighted by Crippen LogP contribution is -2.31. The fourth-order valence-corrected chi connectivity index (χ4v) is 5.12. The molecule has 0 amide bonds. The van der Waals surface area contributed by atoms with Gasteiger partial charge in [0.15, 0.2) is 0 Å². The first kappa shape index (κ1) is 18.6. The number of rotatable bonds is 3. The van der Waals surface area contributed by atoms with Crippen LogP contribution in [-0.2, 0) is 6.42 Å². The van der Waals surface area contributed by atoms with E-state index in [1.54, 1.807) is 24.3 Å². The second kappa shape index (κ2) is 6.85. The summed E-state index contributed by atoms with van der Waals surface area (Å²) < 4.78 is 0. The molecule has 3 atom stereocenters. The summed E-state index contributed by atoms with van der Waals surface area (Å²) in [6.45, 7) is 0. The van der Waals surface area contributed by atoms with Crippen LogP contribution in [0.4, 0.5) is 11.4 Å². The number of nitrogens with one attached hydrogen (secondary N) is 1. The van der Waals surface area contributed by atoms with E-state index in [9.17, 15) is 20.0 Å². The van der Waals surface area contributed by atoms with Crippen molar-refractivity contribution in [1.82, 2.24) is 0 Å². The van der Waals surface area contributed by atoms with E-state index in [4.69, 9.17) is 11.6 Å². The predicted molar refractivity (Wildman–Crippen MR) is 113 cm³/mol. The quantitative estimate of drug-likeness (QED) is 0.436. The molecule has 30 heavy (non-hydrogen) atoms. The van der Waals surface area contributed by atoms with Gasteiger partial charge in [0, 0.05) is 34.3 Å². The number of halogens is 1. The van der Waals surface area contributed by atoms with E-state index in [0.29, 0.717) is 10.6 Å². The summed E-state index contributed by atoms with van der Waals surface area (Å²) in [6, 6.07) is 17.5. The van der Waals surface area contributed by atoms with Gasteiger partial charge in [0.1, 0.15) is 0 Å². The molecule has 150 valence electrons. The minimum absolute atomic E-state index is 0.00437. The Bertz CT molecular complexity index is 1210. The maximum absolute atomic E-state index is 11.6. The predicted octanol–water partition coefficient (Wildman–Crippen LogP) is 5.42. The normalized spacial score (nSPS) is 21.2. The van der Waals surface area contributed by atoms with Crippen LogP contribution in [0, 0.1) is 16.0 Å². The molecule has 2 aliphatic rings. The number of fused-ring (bicyclic) bond motifs is 5. The minimum atomic E-state index is -0.968. The molecule has 0 unspecified atom stereocenters. The summed E-state index contributed by atoms with van der Waals surface area (Å²) in [6.07, 6.45) is 0.772. The van der Waals surface area contributed by atoms with Gasteiger partial charge in [-0.25, -0.2) is 4.79 Å². The smallest absolute Gasteiger partial charge is 0.335 e. The lowest BCUT2D eigenvalue weighted by Gasteiger charge is -2.38. The van der Waals surface area contributed by atoms with Crippen molar-refractivity contribution in [3.8, 4) is 0 Å². The minimum Gasteiger partial charge on any atom is -0.478 e. The molecule has 2 N–H and O–H groups in total. The fraction of sp³-hybridized carbons (Fsp3) is 0.174. The number of carboxylic acids is 1. The average Bonchev–Trinajstić information content (AvgIpc) is 3.13. The zero-order chi connectivity index (χ0) is 21.0. The zero-order valence-corrected chi connectivity index (χ0v) is 16.5. The highest BCUT2D eigenvalue weighted by atomic mass is 35.5. The van der Waals surface area contributed by atoms with E-state index in [1.165, 1.54) is 23.3 Å². The largest absolute Gasteiger partial charge is 0.478 e. The van der Waals surface area contributed by atoms with Crippen molar-refractivity contribution < 1.29 is 14.8 Å². The maximum atomic E-state index is 11.6. The molecule has 3 aromatic carbocycles. The summed E-state index contributed by atoms with van der Waals surface area (Å²) in [5, 5.41) is 24.8. The molecule has 0 saturated carbocycles. The van der Waals surface area contributed by atoms with Gasteiger partial charge < -0.3 is 10.4 Å². The Balaban J connectivity index is 1.70. The second-order valence-electron chi connectivity index (χ2n) is 7.74. The number of non-ortho nitro benzene ring substituents is 1. The highest BCUT2D eigenvalue weighted by molar-refractivity contribution is 6.31. The number of nitro groups is 1. The van der Waals surface area contributed by atoms with Gasteiger partial charge in [0.25, 0.3) is 5.69 Å². The number of benzene rings is 3. The van der Waals surface area contributed by atoms with Crippen LogP contribution in [0.1, 0.15) is 44.6 Å². The molecular formula is C23H17ClN2O4. The Morgan fingerprint density at radius 3 is 2.63 bits per heavy atom. The lowest BCUT2D eigenvalue weighted by molar-refractivity contribution is -0.384. The first-order chi connectivity index (χ1) is 14.4. The standard InChI is InChI=1S/C23H17ClN2O4/c24-19-7-6-14(26(29)30)11-16(19)22-18-9-12-3-1-2-4-15(12)21(18)17-10-13(23(27)28)5-8-20(17)25-22/h1-8,10-11,18,21-22,25H,9H2,(H,27,28)/t18-,21-,22-/m0/s1. The molecule has 5 rings (SSSR count). The van der Waals surface area contributed by atoms with Crippen LogP contribution in [-0.4, -0.2) is 16.0 Å². The molecule has 0 aromatic heterocycles. The third-order valence-electron chi connectivity index (χ3n) is 6.17. The Kier molecular flexibility index (Phi) is 4.25. The Labute approximate surface area is 177 Å². The number of nitrogens with zero attached hydrogens (tertiary/aromatic N) is 1.